The van der Waals surface area contributed by atoms with Crippen molar-refractivity contribution < 1.29 is 29.7 Å². The molecule has 0 aliphatic carbocycles. The molecule has 1 aromatic rings. The molecule has 0 aliphatic heterocycles. The summed E-state index contributed by atoms with van der Waals surface area (Å²) < 4.78 is 0. The summed E-state index contributed by atoms with van der Waals surface area (Å²) in [5.74, 6) is -4.72. The zero-order valence-corrected chi connectivity index (χ0v) is 8.82. The average molecular weight is 252 g/mol. The molecule has 0 atom stereocenters. The molecule has 0 bridgehead atoms. The van der Waals surface area contributed by atoms with Crippen LogP contribution >= 0.6 is 0 Å². The van der Waals surface area contributed by atoms with Gasteiger partial charge in [-0.3, -0.25) is 5.43 Å². The Morgan fingerprint density at radius 1 is 1.00 bits per heavy atom. The van der Waals surface area contributed by atoms with E-state index in [4.69, 9.17) is 15.3 Å². The Balaban J connectivity index is 3.05. The summed E-state index contributed by atoms with van der Waals surface area (Å²) >= 11 is 0. The summed E-state index contributed by atoms with van der Waals surface area (Å²) in [6.45, 7) is 0. The number of rotatable bonds is 5. The SMILES string of the molecule is O=C(O)C(=NNc1ccccc1C(=O)O)C(=O)O. The van der Waals surface area contributed by atoms with E-state index < -0.39 is 23.6 Å². The lowest BCUT2D eigenvalue weighted by atomic mass is 10.2. The number of hydrogen-bond acceptors (Lipinski definition) is 5. The summed E-state index contributed by atoms with van der Waals surface area (Å²) in [5.41, 5.74) is 0.794. The number of carboxylic acid groups (broad SMARTS) is 3. The second-order valence-corrected chi connectivity index (χ2v) is 3.03. The van der Waals surface area contributed by atoms with Crippen molar-refractivity contribution in [2.45, 2.75) is 0 Å². The predicted octanol–water partition coefficient (Wildman–Crippen LogP) is 0.322. The molecule has 0 heterocycles. The van der Waals surface area contributed by atoms with Crippen molar-refractivity contribution in [3.63, 3.8) is 0 Å². The van der Waals surface area contributed by atoms with Crippen LogP contribution in [0.2, 0.25) is 0 Å². The Morgan fingerprint density at radius 2 is 1.56 bits per heavy atom. The molecular weight excluding hydrogens is 244 g/mol. The first-order valence-electron chi connectivity index (χ1n) is 4.56. The Bertz CT molecular complexity index is 521. The molecule has 0 amide bonds. The number of nitrogens with one attached hydrogen (secondary N) is 1. The minimum Gasteiger partial charge on any atom is -0.478 e. The number of aliphatic carboxylic acids is 2. The molecule has 0 fully saturated rings. The first kappa shape index (κ1) is 13.2. The highest BCUT2D eigenvalue weighted by Crippen LogP contribution is 2.14. The predicted molar refractivity (Wildman–Crippen MR) is 59.7 cm³/mol. The number of para-hydroxylation sites is 1. The van der Waals surface area contributed by atoms with Crippen molar-refractivity contribution in [1.82, 2.24) is 0 Å². The van der Waals surface area contributed by atoms with Gasteiger partial charge in [-0.15, -0.1) is 0 Å². The van der Waals surface area contributed by atoms with Gasteiger partial charge in [-0.25, -0.2) is 14.4 Å². The molecule has 0 radical (unpaired) electrons. The monoisotopic (exact) mass is 252 g/mol. The molecule has 8 nitrogen and oxygen atoms in total. The topological polar surface area (TPSA) is 136 Å². The van der Waals surface area contributed by atoms with E-state index in [1.165, 1.54) is 24.3 Å². The number of aromatic carboxylic acids is 1. The van der Waals surface area contributed by atoms with E-state index in [2.05, 4.69) is 10.5 Å². The van der Waals surface area contributed by atoms with Crippen LogP contribution in [0.1, 0.15) is 10.4 Å². The van der Waals surface area contributed by atoms with Crippen molar-refractivity contribution in [1.29, 1.82) is 0 Å². The highest BCUT2D eigenvalue weighted by Gasteiger charge is 2.19. The maximum atomic E-state index is 10.8. The summed E-state index contributed by atoms with van der Waals surface area (Å²) in [6.07, 6.45) is 0. The number of carbonyl (C=O) groups is 3. The maximum absolute atomic E-state index is 10.8. The summed E-state index contributed by atoms with van der Waals surface area (Å²) in [6, 6.07) is 5.55. The summed E-state index contributed by atoms with van der Waals surface area (Å²) in [7, 11) is 0. The van der Waals surface area contributed by atoms with Crippen molar-refractivity contribution in [2.75, 3.05) is 5.43 Å². The Morgan fingerprint density at radius 3 is 2.06 bits per heavy atom. The third-order valence-electron chi connectivity index (χ3n) is 1.85. The molecular formula is C10H8N2O6. The molecule has 0 aromatic heterocycles. The fourth-order valence-corrected chi connectivity index (χ4v) is 1.07. The van der Waals surface area contributed by atoms with E-state index in [9.17, 15) is 14.4 Å². The number of benzene rings is 1. The second-order valence-electron chi connectivity index (χ2n) is 3.03. The molecule has 1 rings (SSSR count). The van der Waals surface area contributed by atoms with Crippen molar-refractivity contribution >= 4 is 29.3 Å². The fourth-order valence-electron chi connectivity index (χ4n) is 1.07. The minimum atomic E-state index is -1.73. The van der Waals surface area contributed by atoms with E-state index >= 15 is 0 Å². The third kappa shape index (κ3) is 3.04. The largest absolute Gasteiger partial charge is 0.478 e. The number of nitrogens with zero attached hydrogens (tertiary/aromatic N) is 1. The van der Waals surface area contributed by atoms with Crippen LogP contribution in [0, 0.1) is 0 Å². The lowest BCUT2D eigenvalue weighted by Gasteiger charge is -2.04. The molecule has 0 saturated heterocycles. The smallest absolute Gasteiger partial charge is 0.364 e. The minimum absolute atomic E-state index is 0.00926. The van der Waals surface area contributed by atoms with Crippen molar-refractivity contribution in [2.24, 2.45) is 5.10 Å². The summed E-state index contributed by atoms with van der Waals surface area (Å²) in [4.78, 5) is 31.8. The molecule has 0 saturated carbocycles. The van der Waals surface area contributed by atoms with Gasteiger partial charge in [-0.2, -0.15) is 5.10 Å². The Labute approximate surface area is 100 Å². The van der Waals surface area contributed by atoms with Crippen LogP contribution in [0.5, 0.6) is 0 Å². The fraction of sp³-hybridized carbons (Fsp3) is 0. The van der Waals surface area contributed by atoms with Crippen molar-refractivity contribution in [3.8, 4) is 0 Å². The number of hydrazone groups is 1. The Hall–Kier alpha value is -2.90. The van der Waals surface area contributed by atoms with E-state index in [0.717, 1.165) is 0 Å². The van der Waals surface area contributed by atoms with Crippen LogP contribution in [0.15, 0.2) is 29.4 Å². The summed E-state index contributed by atoms with van der Waals surface area (Å²) in [5, 5.41) is 29.0. The van der Waals surface area contributed by atoms with Crippen LogP contribution in [-0.4, -0.2) is 38.9 Å². The lowest BCUT2D eigenvalue weighted by molar-refractivity contribution is -0.134. The van der Waals surface area contributed by atoms with Crippen LogP contribution in [-0.2, 0) is 9.59 Å². The van der Waals surface area contributed by atoms with Gasteiger partial charge in [0.25, 0.3) is 5.71 Å². The van der Waals surface area contributed by atoms with E-state index in [-0.39, 0.29) is 11.3 Å². The second kappa shape index (κ2) is 5.43. The van der Waals surface area contributed by atoms with Crippen LogP contribution in [0.4, 0.5) is 5.69 Å². The zero-order valence-electron chi connectivity index (χ0n) is 8.82. The molecule has 0 unspecified atom stereocenters. The van der Waals surface area contributed by atoms with Gasteiger partial charge in [-0.05, 0) is 12.1 Å². The molecule has 0 aliphatic rings. The van der Waals surface area contributed by atoms with Gasteiger partial charge in [0.1, 0.15) is 0 Å². The lowest BCUT2D eigenvalue weighted by Crippen LogP contribution is -2.24. The van der Waals surface area contributed by atoms with E-state index in [1.807, 2.05) is 0 Å². The van der Waals surface area contributed by atoms with Gasteiger partial charge >= 0.3 is 17.9 Å². The Kier molecular flexibility index (Phi) is 3.98. The van der Waals surface area contributed by atoms with Crippen molar-refractivity contribution in [3.05, 3.63) is 29.8 Å². The van der Waals surface area contributed by atoms with Gasteiger partial charge in [0.2, 0.25) is 0 Å². The molecule has 4 N–H and O–H groups in total. The normalized spacial score (nSPS) is 9.33. The van der Waals surface area contributed by atoms with Gasteiger partial charge < -0.3 is 15.3 Å². The van der Waals surface area contributed by atoms with Gasteiger partial charge in [-0.1, -0.05) is 12.1 Å². The third-order valence-corrected chi connectivity index (χ3v) is 1.85. The van der Waals surface area contributed by atoms with Gasteiger partial charge in [0.15, 0.2) is 0 Å². The zero-order chi connectivity index (χ0) is 13.7. The van der Waals surface area contributed by atoms with Gasteiger partial charge in [0, 0.05) is 0 Å². The highest BCUT2D eigenvalue weighted by molar-refractivity contribution is 6.61. The molecule has 8 heteroatoms. The number of carboxylic acids is 3. The average Bonchev–Trinajstić information content (AvgIpc) is 2.28. The molecule has 0 spiro atoms. The highest BCUT2D eigenvalue weighted by atomic mass is 16.4. The number of anilines is 1. The number of hydrogen-bond donors (Lipinski definition) is 4. The van der Waals surface area contributed by atoms with Crippen LogP contribution in [0.3, 0.4) is 0 Å². The van der Waals surface area contributed by atoms with Crippen LogP contribution < -0.4 is 5.43 Å². The van der Waals surface area contributed by atoms with Crippen LogP contribution in [0.25, 0.3) is 0 Å². The molecule has 18 heavy (non-hydrogen) atoms. The van der Waals surface area contributed by atoms with Gasteiger partial charge in [0.05, 0.1) is 11.3 Å². The first-order chi connectivity index (χ1) is 8.43. The van der Waals surface area contributed by atoms with E-state index in [1.54, 1.807) is 0 Å². The molecule has 94 valence electrons. The quantitative estimate of drug-likeness (QED) is 0.336. The maximum Gasteiger partial charge on any atom is 0.364 e. The van der Waals surface area contributed by atoms with E-state index in [0.29, 0.717) is 0 Å². The first-order valence-corrected chi connectivity index (χ1v) is 4.56. The molecule has 1 aromatic carbocycles. The standard InChI is InChI=1S/C10H8N2O6/c13-8(14)5-3-1-2-4-6(5)11-12-7(9(15)16)10(17)18/h1-4,11H,(H,13,14)(H,15,16)(H,17,18).